The molecule has 13 heavy (non-hydrogen) atoms. The zero-order valence-electron chi connectivity index (χ0n) is 7.77. The Labute approximate surface area is 100 Å². The van der Waals surface area contributed by atoms with Gasteiger partial charge in [0.05, 0.1) is 3.57 Å². The minimum atomic E-state index is -0.194. The van der Waals surface area contributed by atoms with E-state index in [9.17, 15) is 0 Å². The fourth-order valence-electron chi connectivity index (χ4n) is 0.767. The van der Waals surface area contributed by atoms with Gasteiger partial charge in [0, 0.05) is 10.7 Å². The molecule has 0 fully saturated rings. The molecule has 1 aromatic heterocycles. The average Bonchev–Trinajstić information content (AvgIpc) is 1.93. The van der Waals surface area contributed by atoms with Gasteiger partial charge in [-0.3, -0.25) is 0 Å². The number of ether oxygens (including phenoxy) is 1. The Kier molecular flexibility index (Phi) is 3.57. The van der Waals surface area contributed by atoms with E-state index in [1.807, 2.05) is 26.8 Å². The van der Waals surface area contributed by atoms with Crippen molar-refractivity contribution in [3.63, 3.8) is 0 Å². The molecule has 0 aromatic carbocycles. The summed E-state index contributed by atoms with van der Waals surface area (Å²) in [6.45, 7) is 6.02. The molecule has 0 aliphatic carbocycles. The van der Waals surface area contributed by atoms with Crippen LogP contribution in [0.1, 0.15) is 20.8 Å². The number of pyridine rings is 1. The third-order valence-corrected chi connectivity index (χ3v) is 2.38. The van der Waals surface area contributed by atoms with Crippen LogP contribution < -0.4 is 4.74 Å². The summed E-state index contributed by atoms with van der Waals surface area (Å²) in [5.41, 5.74) is -0.194. The Balaban J connectivity index is 2.90. The first-order valence-electron chi connectivity index (χ1n) is 3.88. The monoisotopic (exact) mass is 355 g/mol. The van der Waals surface area contributed by atoms with Gasteiger partial charge in [-0.15, -0.1) is 0 Å². The fraction of sp³-hybridized carbons (Fsp3) is 0.444. The van der Waals surface area contributed by atoms with E-state index in [0.29, 0.717) is 5.88 Å². The van der Waals surface area contributed by atoms with Gasteiger partial charge in [-0.2, -0.15) is 0 Å². The van der Waals surface area contributed by atoms with E-state index in [2.05, 4.69) is 43.5 Å². The van der Waals surface area contributed by atoms with Gasteiger partial charge in [0.1, 0.15) is 5.60 Å². The van der Waals surface area contributed by atoms with Crippen LogP contribution >= 0.6 is 38.5 Å². The summed E-state index contributed by atoms with van der Waals surface area (Å²) in [7, 11) is 0. The molecule has 1 heterocycles. The molecule has 0 bridgehead atoms. The molecule has 1 aromatic rings. The van der Waals surface area contributed by atoms with Crippen molar-refractivity contribution in [2.75, 3.05) is 0 Å². The average molecular weight is 356 g/mol. The predicted octanol–water partition coefficient (Wildman–Crippen LogP) is 3.63. The lowest BCUT2D eigenvalue weighted by molar-refractivity contribution is 0.122. The molecule has 4 heteroatoms. The second-order valence-electron chi connectivity index (χ2n) is 3.65. The van der Waals surface area contributed by atoms with Crippen molar-refractivity contribution in [3.05, 3.63) is 20.3 Å². The van der Waals surface area contributed by atoms with E-state index in [4.69, 9.17) is 4.74 Å². The zero-order chi connectivity index (χ0) is 10.1. The first-order chi connectivity index (χ1) is 5.88. The van der Waals surface area contributed by atoms with Gasteiger partial charge in [-0.25, -0.2) is 4.98 Å². The number of hydrogen-bond donors (Lipinski definition) is 0. The second kappa shape index (κ2) is 4.13. The molecule has 1 rings (SSSR count). The summed E-state index contributed by atoms with van der Waals surface area (Å²) >= 11 is 5.56. The highest BCUT2D eigenvalue weighted by molar-refractivity contribution is 14.1. The molecule has 0 spiro atoms. The number of rotatable bonds is 1. The number of halogens is 2. The Bertz CT molecular complexity index is 309. The van der Waals surface area contributed by atoms with Crippen molar-refractivity contribution in [3.8, 4) is 5.88 Å². The van der Waals surface area contributed by atoms with E-state index < -0.39 is 0 Å². The minimum absolute atomic E-state index is 0.194. The van der Waals surface area contributed by atoms with E-state index in [-0.39, 0.29) is 5.60 Å². The number of hydrogen-bond acceptors (Lipinski definition) is 2. The van der Waals surface area contributed by atoms with E-state index >= 15 is 0 Å². The van der Waals surface area contributed by atoms with Gasteiger partial charge in [0.25, 0.3) is 0 Å². The van der Waals surface area contributed by atoms with Crippen LogP contribution in [0.5, 0.6) is 5.88 Å². The molecule has 0 amide bonds. The molecule has 0 radical (unpaired) electrons. The fourth-order valence-corrected chi connectivity index (χ4v) is 2.11. The van der Waals surface area contributed by atoms with Crippen molar-refractivity contribution in [2.24, 2.45) is 0 Å². The van der Waals surface area contributed by atoms with Crippen molar-refractivity contribution < 1.29 is 4.74 Å². The van der Waals surface area contributed by atoms with Crippen LogP contribution in [0.4, 0.5) is 0 Å². The maximum Gasteiger partial charge on any atom is 0.227 e. The van der Waals surface area contributed by atoms with Crippen LogP contribution in [0.25, 0.3) is 0 Å². The van der Waals surface area contributed by atoms with E-state index in [1.54, 1.807) is 6.20 Å². The Morgan fingerprint density at radius 3 is 2.54 bits per heavy atom. The molecular weight excluding hydrogens is 345 g/mol. The highest BCUT2D eigenvalue weighted by Gasteiger charge is 2.14. The molecule has 0 N–H and O–H groups in total. The second-order valence-corrected chi connectivity index (χ2v) is 5.73. The van der Waals surface area contributed by atoms with E-state index in [1.165, 1.54) is 0 Å². The van der Waals surface area contributed by atoms with Crippen molar-refractivity contribution in [1.82, 2.24) is 4.98 Å². The predicted molar refractivity (Wildman–Crippen MR) is 65.0 cm³/mol. The first kappa shape index (κ1) is 11.2. The normalized spacial score (nSPS) is 11.5. The van der Waals surface area contributed by atoms with Crippen molar-refractivity contribution >= 4 is 38.5 Å². The lowest BCUT2D eigenvalue weighted by atomic mass is 10.2. The molecule has 0 atom stereocenters. The standard InChI is InChI=1S/C9H11BrINO/c1-9(2,3)13-8-7(11)4-6(10)5-12-8/h4-5H,1-3H3. The Morgan fingerprint density at radius 2 is 2.08 bits per heavy atom. The van der Waals surface area contributed by atoms with E-state index in [0.717, 1.165) is 8.04 Å². The van der Waals surface area contributed by atoms with Crippen LogP contribution in [0, 0.1) is 3.57 Å². The highest BCUT2D eigenvalue weighted by Crippen LogP contribution is 2.24. The third kappa shape index (κ3) is 3.81. The summed E-state index contributed by atoms with van der Waals surface area (Å²) in [5, 5.41) is 0. The number of aromatic nitrogens is 1. The number of nitrogens with zero attached hydrogens (tertiary/aromatic N) is 1. The summed E-state index contributed by atoms with van der Waals surface area (Å²) in [5.74, 6) is 0.691. The molecular formula is C9H11BrINO. The van der Waals surface area contributed by atoms with Crippen LogP contribution in [0.3, 0.4) is 0 Å². The molecule has 0 saturated heterocycles. The summed E-state index contributed by atoms with van der Waals surface area (Å²) in [6.07, 6.45) is 1.74. The maximum absolute atomic E-state index is 5.65. The Hall–Kier alpha value is 0.160. The lowest BCUT2D eigenvalue weighted by Crippen LogP contribution is -2.24. The van der Waals surface area contributed by atoms with Crippen LogP contribution in [0.15, 0.2) is 16.7 Å². The summed E-state index contributed by atoms with van der Waals surface area (Å²) in [4.78, 5) is 4.19. The van der Waals surface area contributed by atoms with Crippen LogP contribution in [-0.2, 0) is 0 Å². The topological polar surface area (TPSA) is 22.1 Å². The first-order valence-corrected chi connectivity index (χ1v) is 5.76. The zero-order valence-corrected chi connectivity index (χ0v) is 11.5. The maximum atomic E-state index is 5.65. The smallest absolute Gasteiger partial charge is 0.227 e. The molecule has 0 unspecified atom stereocenters. The lowest BCUT2D eigenvalue weighted by Gasteiger charge is -2.20. The molecule has 0 saturated carbocycles. The van der Waals surface area contributed by atoms with Gasteiger partial charge < -0.3 is 4.74 Å². The van der Waals surface area contributed by atoms with Crippen LogP contribution in [0.2, 0.25) is 0 Å². The van der Waals surface area contributed by atoms with Gasteiger partial charge in [-0.1, -0.05) is 0 Å². The third-order valence-electron chi connectivity index (χ3n) is 1.18. The largest absolute Gasteiger partial charge is 0.471 e. The van der Waals surface area contributed by atoms with Crippen molar-refractivity contribution in [2.45, 2.75) is 26.4 Å². The highest BCUT2D eigenvalue weighted by atomic mass is 127. The van der Waals surface area contributed by atoms with Crippen molar-refractivity contribution in [1.29, 1.82) is 0 Å². The SMILES string of the molecule is CC(C)(C)Oc1ncc(Br)cc1I. The van der Waals surface area contributed by atoms with Crippen LogP contribution in [-0.4, -0.2) is 10.6 Å². The van der Waals surface area contributed by atoms with Gasteiger partial charge >= 0.3 is 0 Å². The quantitative estimate of drug-likeness (QED) is 0.718. The molecule has 72 valence electrons. The molecule has 0 aliphatic rings. The van der Waals surface area contributed by atoms with Gasteiger partial charge in [0.2, 0.25) is 5.88 Å². The molecule has 0 aliphatic heterocycles. The summed E-state index contributed by atoms with van der Waals surface area (Å²) in [6, 6.07) is 1.98. The van der Waals surface area contributed by atoms with Gasteiger partial charge in [0.15, 0.2) is 0 Å². The Morgan fingerprint density at radius 1 is 1.46 bits per heavy atom. The van der Waals surface area contributed by atoms with Gasteiger partial charge in [-0.05, 0) is 65.4 Å². The summed E-state index contributed by atoms with van der Waals surface area (Å²) < 4.78 is 7.63. The molecule has 2 nitrogen and oxygen atoms in total. The minimum Gasteiger partial charge on any atom is -0.471 e.